The number of alkyl halides is 5. The van der Waals surface area contributed by atoms with E-state index < -0.39 is 18.5 Å². The molecule has 0 aliphatic heterocycles. The summed E-state index contributed by atoms with van der Waals surface area (Å²) in [5.41, 5.74) is 4.23. The molecule has 0 aliphatic carbocycles. The molecule has 4 nitrogen and oxygen atoms in total. The number of nitrogens with zero attached hydrogens (tertiary/aromatic N) is 2. The Balaban J connectivity index is 1.40. The van der Waals surface area contributed by atoms with Gasteiger partial charge in [0.05, 0.1) is 5.69 Å². The summed E-state index contributed by atoms with van der Waals surface area (Å²) in [4.78, 5) is 2.22. The Labute approximate surface area is 230 Å². The number of rotatable bonds is 15. The van der Waals surface area contributed by atoms with Crippen molar-refractivity contribution in [2.75, 3.05) is 31.6 Å². The zero-order valence-electron chi connectivity index (χ0n) is 22.4. The van der Waals surface area contributed by atoms with Crippen LogP contribution in [0.4, 0.5) is 22.0 Å². The van der Waals surface area contributed by atoms with Gasteiger partial charge in [0.25, 0.3) is 0 Å². The van der Waals surface area contributed by atoms with Crippen molar-refractivity contribution in [1.29, 1.82) is 0 Å². The van der Waals surface area contributed by atoms with Gasteiger partial charge in [-0.15, -0.1) is 0 Å². The fourth-order valence-electron chi connectivity index (χ4n) is 4.75. The lowest BCUT2D eigenvalue weighted by Crippen LogP contribution is -2.36. The van der Waals surface area contributed by atoms with E-state index in [1.165, 1.54) is 11.8 Å². The van der Waals surface area contributed by atoms with Gasteiger partial charge >= 0.3 is 12.1 Å². The number of phenolic OH excluding ortho intramolecular Hbond substituents is 2. The molecule has 0 amide bonds. The van der Waals surface area contributed by atoms with E-state index in [4.69, 9.17) is 0 Å². The standard InChI is InChI=1S/C29H37F5N2O2S/c1-21-25-20-24(38)12-13-26(25)36(27(21)22-8-10-23(37)11-9-22)17-5-3-4-15-35(2)16-7-19-39-18-6-14-28(30,31)29(32,33)34/h8-13,20,37-38H,3-7,14-19H2,1-2H3. The van der Waals surface area contributed by atoms with Gasteiger partial charge in [-0.1, -0.05) is 6.42 Å². The minimum atomic E-state index is -5.46. The summed E-state index contributed by atoms with van der Waals surface area (Å²) in [6.07, 6.45) is -2.90. The number of hydrogen-bond acceptors (Lipinski definition) is 4. The molecule has 0 fully saturated rings. The van der Waals surface area contributed by atoms with Crippen LogP contribution in [0.5, 0.6) is 11.5 Å². The highest BCUT2D eigenvalue weighted by molar-refractivity contribution is 7.99. The van der Waals surface area contributed by atoms with E-state index in [2.05, 4.69) is 9.47 Å². The summed E-state index contributed by atoms with van der Waals surface area (Å²) in [5.74, 6) is -3.13. The van der Waals surface area contributed by atoms with Gasteiger partial charge < -0.3 is 19.7 Å². The van der Waals surface area contributed by atoms with Gasteiger partial charge in [0.15, 0.2) is 0 Å². The molecular formula is C29H37F5N2O2S. The molecule has 0 atom stereocenters. The molecule has 3 rings (SSSR count). The average molecular weight is 573 g/mol. The van der Waals surface area contributed by atoms with Crippen LogP contribution < -0.4 is 0 Å². The summed E-state index contributed by atoms with van der Waals surface area (Å²) in [6, 6.07) is 12.6. The predicted molar refractivity (Wildman–Crippen MR) is 149 cm³/mol. The number of aryl methyl sites for hydroxylation is 2. The third kappa shape index (κ3) is 8.51. The molecule has 2 N–H and O–H groups in total. The van der Waals surface area contributed by atoms with Crippen molar-refractivity contribution >= 4 is 22.7 Å². The summed E-state index contributed by atoms with van der Waals surface area (Å²) >= 11 is 1.42. The van der Waals surface area contributed by atoms with Crippen molar-refractivity contribution < 1.29 is 32.2 Å². The maximum absolute atomic E-state index is 12.9. The number of aromatic nitrogens is 1. The lowest BCUT2D eigenvalue weighted by molar-refractivity contribution is -0.284. The van der Waals surface area contributed by atoms with Crippen LogP contribution in [0, 0.1) is 6.92 Å². The van der Waals surface area contributed by atoms with Crippen molar-refractivity contribution in [1.82, 2.24) is 9.47 Å². The van der Waals surface area contributed by atoms with E-state index in [0.717, 1.165) is 78.8 Å². The molecule has 216 valence electrons. The van der Waals surface area contributed by atoms with E-state index in [1.54, 1.807) is 24.3 Å². The number of unbranched alkanes of at least 4 members (excludes halogenated alkanes) is 2. The number of aromatic hydroxyl groups is 2. The lowest BCUT2D eigenvalue weighted by atomic mass is 10.1. The molecule has 10 heteroatoms. The fraction of sp³-hybridized carbons (Fsp3) is 0.517. The predicted octanol–water partition coefficient (Wildman–Crippen LogP) is 8.23. The van der Waals surface area contributed by atoms with Crippen molar-refractivity contribution in [3.05, 3.63) is 48.0 Å². The second-order valence-electron chi connectivity index (χ2n) is 10.0. The Bertz CT molecular complexity index is 1200. The highest BCUT2D eigenvalue weighted by atomic mass is 32.2. The van der Waals surface area contributed by atoms with Gasteiger partial charge in [0.2, 0.25) is 0 Å². The molecule has 3 aromatic rings. The molecule has 0 unspecified atom stereocenters. The summed E-state index contributed by atoms with van der Waals surface area (Å²) in [5, 5.41) is 20.7. The first-order chi connectivity index (χ1) is 18.4. The normalized spacial score (nSPS) is 12.6. The van der Waals surface area contributed by atoms with Gasteiger partial charge in [0.1, 0.15) is 11.5 Å². The molecule has 39 heavy (non-hydrogen) atoms. The van der Waals surface area contributed by atoms with Crippen LogP contribution in [0.2, 0.25) is 0 Å². The average Bonchev–Trinajstić information content (AvgIpc) is 3.13. The first-order valence-corrected chi connectivity index (χ1v) is 14.4. The van der Waals surface area contributed by atoms with Gasteiger partial charge in [-0.25, -0.2) is 0 Å². The number of fused-ring (bicyclic) bond motifs is 1. The highest BCUT2D eigenvalue weighted by Gasteiger charge is 2.56. The Morgan fingerprint density at radius 2 is 1.46 bits per heavy atom. The van der Waals surface area contributed by atoms with Gasteiger partial charge in [-0.05, 0) is 118 Å². The zero-order valence-corrected chi connectivity index (χ0v) is 23.2. The first-order valence-electron chi connectivity index (χ1n) is 13.2. The smallest absolute Gasteiger partial charge is 0.453 e. The van der Waals surface area contributed by atoms with Gasteiger partial charge in [-0.3, -0.25) is 0 Å². The van der Waals surface area contributed by atoms with Crippen molar-refractivity contribution in [2.45, 2.75) is 64.1 Å². The van der Waals surface area contributed by atoms with E-state index in [9.17, 15) is 32.2 Å². The number of halogens is 5. The zero-order chi connectivity index (χ0) is 28.6. The van der Waals surface area contributed by atoms with Crippen molar-refractivity contribution in [3.63, 3.8) is 0 Å². The Kier molecular flexibility index (Phi) is 11.0. The Morgan fingerprint density at radius 1 is 0.821 bits per heavy atom. The molecule has 0 bridgehead atoms. The molecule has 0 spiro atoms. The SMILES string of the molecule is Cc1c(-c2ccc(O)cc2)n(CCCCCN(C)CCCSCCCC(F)(F)C(F)(F)F)c2ccc(O)cc12. The second kappa shape index (κ2) is 13.7. The summed E-state index contributed by atoms with van der Waals surface area (Å²) in [6.45, 7) is 4.64. The van der Waals surface area contributed by atoms with Crippen LogP contribution in [0.25, 0.3) is 22.2 Å². The molecule has 0 radical (unpaired) electrons. The number of phenols is 2. The third-order valence-electron chi connectivity index (χ3n) is 6.89. The lowest BCUT2D eigenvalue weighted by Gasteiger charge is -2.19. The minimum Gasteiger partial charge on any atom is -0.508 e. The van der Waals surface area contributed by atoms with Crippen LogP contribution >= 0.6 is 11.8 Å². The number of hydrogen-bond donors (Lipinski definition) is 2. The van der Waals surface area contributed by atoms with E-state index in [-0.39, 0.29) is 17.9 Å². The van der Waals surface area contributed by atoms with Crippen LogP contribution in [0.3, 0.4) is 0 Å². The number of thioether (sulfide) groups is 1. The topological polar surface area (TPSA) is 48.6 Å². The number of benzene rings is 2. The maximum atomic E-state index is 12.9. The molecule has 0 aliphatic rings. The molecule has 1 heterocycles. The quantitative estimate of drug-likeness (QED) is 0.142. The molecule has 0 saturated carbocycles. The van der Waals surface area contributed by atoms with Crippen LogP contribution in [-0.4, -0.2) is 63.4 Å². The Morgan fingerprint density at radius 3 is 2.15 bits per heavy atom. The molecular weight excluding hydrogens is 535 g/mol. The highest BCUT2D eigenvalue weighted by Crippen LogP contribution is 2.39. The first kappa shape index (κ1) is 31.1. The van der Waals surface area contributed by atoms with Crippen molar-refractivity contribution in [3.8, 4) is 22.8 Å². The van der Waals surface area contributed by atoms with Crippen LogP contribution in [-0.2, 0) is 6.54 Å². The molecule has 2 aromatic carbocycles. The third-order valence-corrected chi connectivity index (χ3v) is 8.04. The summed E-state index contributed by atoms with van der Waals surface area (Å²) in [7, 11) is 2.03. The molecule has 0 saturated heterocycles. The van der Waals surface area contributed by atoms with Crippen LogP contribution in [0.15, 0.2) is 42.5 Å². The van der Waals surface area contributed by atoms with Gasteiger partial charge in [0, 0.05) is 23.9 Å². The molecule has 1 aromatic heterocycles. The largest absolute Gasteiger partial charge is 0.508 e. The fourth-order valence-corrected chi connectivity index (χ4v) is 5.64. The monoisotopic (exact) mass is 572 g/mol. The maximum Gasteiger partial charge on any atom is 0.453 e. The minimum absolute atomic E-state index is 0.154. The van der Waals surface area contributed by atoms with Gasteiger partial charge in [-0.2, -0.15) is 33.7 Å². The van der Waals surface area contributed by atoms with E-state index >= 15 is 0 Å². The van der Waals surface area contributed by atoms with E-state index in [1.807, 2.05) is 32.2 Å². The second-order valence-corrected chi connectivity index (χ2v) is 11.2. The van der Waals surface area contributed by atoms with Crippen molar-refractivity contribution in [2.24, 2.45) is 0 Å². The summed E-state index contributed by atoms with van der Waals surface area (Å²) < 4.78 is 64.7. The van der Waals surface area contributed by atoms with E-state index in [0.29, 0.717) is 5.75 Å². The Hall–Kier alpha value is -2.46. The van der Waals surface area contributed by atoms with Crippen LogP contribution in [0.1, 0.15) is 44.1 Å².